The molecule has 2 rings (SSSR count). The second-order valence-electron chi connectivity index (χ2n) is 7.22. The van der Waals surface area contributed by atoms with Crippen LogP contribution in [0.3, 0.4) is 0 Å². The molecular weight excluding hydrogens is 837 g/mol. The molecule has 0 bridgehead atoms. The van der Waals surface area contributed by atoms with Crippen molar-refractivity contribution in [3.63, 3.8) is 0 Å². The van der Waals surface area contributed by atoms with Crippen LogP contribution in [0.25, 0.3) is 0 Å². The Kier molecular flexibility index (Phi) is 19.5. The highest BCUT2D eigenvalue weighted by Crippen LogP contribution is 2.40. The monoisotopic (exact) mass is 868 g/mol. The van der Waals surface area contributed by atoms with Gasteiger partial charge in [-0.25, -0.2) is 0 Å². The van der Waals surface area contributed by atoms with Crippen LogP contribution in [0, 0.1) is 0 Å². The van der Waals surface area contributed by atoms with E-state index in [1.165, 1.54) is 45.8 Å². The number of thioether (sulfide) groups is 1. The first-order valence-electron chi connectivity index (χ1n) is 10.1. The van der Waals surface area contributed by atoms with E-state index in [9.17, 15) is 9.90 Å². The molecule has 2 heterocycles. The molecule has 0 aromatic carbocycles. The second-order valence-corrected chi connectivity index (χ2v) is 12.3. The molecule has 0 spiro atoms. The van der Waals surface area contributed by atoms with Crippen LogP contribution in [-0.2, 0) is 22.1 Å². The van der Waals surface area contributed by atoms with Crippen LogP contribution in [0.15, 0.2) is 0 Å². The highest BCUT2D eigenvalue weighted by molar-refractivity contribution is 14.2. The molecule has 7 unspecified atom stereocenters. The zero-order chi connectivity index (χ0) is 24.1. The van der Waals surface area contributed by atoms with Gasteiger partial charge in [0.25, 0.3) is 0 Å². The van der Waals surface area contributed by atoms with E-state index in [1.54, 1.807) is 0 Å². The van der Waals surface area contributed by atoms with Crippen molar-refractivity contribution in [2.45, 2.75) is 75.0 Å². The van der Waals surface area contributed by atoms with Gasteiger partial charge < -0.3 is 15.2 Å². The lowest BCUT2D eigenvalue weighted by Crippen LogP contribution is -2.65. The van der Waals surface area contributed by atoms with Crippen molar-refractivity contribution in [1.29, 1.82) is 0 Å². The minimum atomic E-state index is -0.627. The summed E-state index contributed by atoms with van der Waals surface area (Å²) in [6, 6.07) is -0.816. The van der Waals surface area contributed by atoms with Crippen molar-refractivity contribution in [2.75, 3.05) is 26.5 Å². The quantitative estimate of drug-likeness (QED) is 0.212. The molecule has 2 aliphatic heterocycles. The summed E-state index contributed by atoms with van der Waals surface area (Å²) in [6.45, 7) is 4.87. The molecule has 8 nitrogen and oxygen atoms in total. The summed E-state index contributed by atoms with van der Waals surface area (Å²) in [5, 5.41) is 13.1. The van der Waals surface area contributed by atoms with Crippen LogP contribution < -0.4 is 5.32 Å². The molecule has 0 aliphatic carbocycles. The number of ether oxygens (including phenoxy) is 1. The van der Waals surface area contributed by atoms with Crippen molar-refractivity contribution in [1.82, 2.24) is 10.2 Å². The number of likely N-dealkylation sites (tertiary alicyclic amines) is 1. The van der Waals surface area contributed by atoms with E-state index >= 15 is 0 Å². The summed E-state index contributed by atoms with van der Waals surface area (Å²) in [7, 11) is 5.53. The Bertz CT molecular complexity index is 537. The minimum Gasteiger partial charge on any atom is -0.394 e. The summed E-state index contributed by atoms with van der Waals surface area (Å²) < 4.78 is 23.9. The highest BCUT2D eigenvalue weighted by atomic mass is 127. The summed E-state index contributed by atoms with van der Waals surface area (Å²) in [4.78, 5) is 14.9. The third kappa shape index (κ3) is 9.94. The number of halogens is 3. The Labute approximate surface area is 245 Å². The minimum absolute atomic E-state index is 0.101. The Morgan fingerprint density at radius 1 is 1.16 bits per heavy atom. The molecule has 0 aromatic rings. The number of likely N-dealkylation sites (N-methyl/N-ethyl adjacent to an activating group) is 1. The zero-order valence-electron chi connectivity index (χ0n) is 18.3. The molecule has 32 heavy (non-hydrogen) atoms. The normalized spacial score (nSPS) is 31.6. The number of rotatable bonds is 11. The average molecular weight is 868 g/mol. The van der Waals surface area contributed by atoms with Crippen LogP contribution in [0.4, 0.5) is 0 Å². The van der Waals surface area contributed by atoms with Crippen LogP contribution in [0.1, 0.15) is 33.1 Å². The second kappa shape index (κ2) is 19.0. The number of hydrogen-bond donors (Lipinski definition) is 2. The van der Waals surface area contributed by atoms with Crippen molar-refractivity contribution in [3.8, 4) is 0 Å². The maximum Gasteiger partial charge on any atom is 0.237 e. The molecule has 0 saturated carbocycles. The van der Waals surface area contributed by atoms with Gasteiger partial charge in [-0.15, -0.1) is 11.8 Å². The van der Waals surface area contributed by atoms with Crippen molar-refractivity contribution in [3.05, 3.63) is 0 Å². The van der Waals surface area contributed by atoms with Crippen LogP contribution in [0.2, 0.25) is 0 Å². The molecule has 0 aromatic heterocycles. The summed E-state index contributed by atoms with van der Waals surface area (Å²) in [5.74, 6) is -0.101. The molecule has 7 atom stereocenters. The van der Waals surface area contributed by atoms with Gasteiger partial charge in [0.2, 0.25) is 5.91 Å². The van der Waals surface area contributed by atoms with E-state index in [0.717, 1.165) is 19.4 Å². The van der Waals surface area contributed by atoms with Crippen LogP contribution >= 0.6 is 103 Å². The molecule has 1 amide bonds. The van der Waals surface area contributed by atoms with Gasteiger partial charge in [-0.3, -0.25) is 22.2 Å². The van der Waals surface area contributed by atoms with Crippen LogP contribution in [-0.4, -0.2) is 84.3 Å². The fraction of sp³-hybridized carbons (Fsp3) is 0.941. The Morgan fingerprint density at radius 3 is 2.19 bits per heavy atom. The van der Waals surface area contributed by atoms with Crippen molar-refractivity contribution < 1.29 is 27.2 Å². The van der Waals surface area contributed by atoms with Gasteiger partial charge in [0.1, 0.15) is 29.9 Å². The number of hydrogen-bond acceptors (Lipinski definition) is 11. The van der Waals surface area contributed by atoms with Gasteiger partial charge >= 0.3 is 0 Å². The van der Waals surface area contributed by atoms with Gasteiger partial charge in [0.15, 0.2) is 0 Å². The Morgan fingerprint density at radius 2 is 1.72 bits per heavy atom. The van der Waals surface area contributed by atoms with Gasteiger partial charge in [-0.2, -0.15) is 0 Å². The zero-order valence-corrected chi connectivity index (χ0v) is 28.0. The highest BCUT2D eigenvalue weighted by Gasteiger charge is 2.52. The first-order chi connectivity index (χ1) is 15.4. The molecule has 2 fully saturated rings. The van der Waals surface area contributed by atoms with Gasteiger partial charge in [-0.05, 0) is 32.7 Å². The van der Waals surface area contributed by atoms with E-state index in [1.807, 2.05) is 39.4 Å². The predicted octanol–water partition coefficient (Wildman–Crippen LogP) is 5.21. The number of carbonyl (C=O) groups is 1. The number of nitrogens with zero attached hydrogens (tertiary/aromatic N) is 1. The molecule has 190 valence electrons. The Balaban J connectivity index is 0.00000161. The fourth-order valence-corrected chi connectivity index (χ4v) is 7.40. The number of nitrogens with one attached hydrogen (secondary N) is 1. The van der Waals surface area contributed by atoms with Crippen LogP contribution in [0.5, 0.6) is 0 Å². The third-order valence-corrected chi connectivity index (χ3v) is 8.55. The van der Waals surface area contributed by atoms with E-state index in [4.69, 9.17) is 17.3 Å². The number of aliphatic hydroxyl groups is 1. The topological polar surface area (TPSA) is 89.5 Å². The number of amides is 1. The molecule has 15 heteroatoms. The maximum absolute atomic E-state index is 12.8. The van der Waals surface area contributed by atoms with Gasteiger partial charge in [-0.1, -0.05) is 20.3 Å². The fourth-order valence-electron chi connectivity index (χ4n) is 3.55. The van der Waals surface area contributed by atoms with E-state index in [-0.39, 0.29) is 30.1 Å². The first-order valence-corrected chi connectivity index (χ1v) is 21.2. The van der Waals surface area contributed by atoms with E-state index < -0.39 is 24.4 Å². The lowest BCUT2D eigenvalue weighted by atomic mass is 9.94. The van der Waals surface area contributed by atoms with E-state index in [0.29, 0.717) is 0 Å². The maximum atomic E-state index is 12.8. The largest absolute Gasteiger partial charge is 0.394 e. The average Bonchev–Trinajstić information content (AvgIpc) is 3.21. The molecule has 0 radical (unpaired) electrons. The number of aliphatic hydroxyl groups excluding tert-OH is 1. The summed E-state index contributed by atoms with van der Waals surface area (Å²) >= 11 is 7.66. The molecule has 2 aliphatic rings. The smallest absolute Gasteiger partial charge is 0.237 e. The third-order valence-electron chi connectivity index (χ3n) is 4.95. The van der Waals surface area contributed by atoms with Gasteiger partial charge in [0, 0.05) is 63.6 Å². The summed E-state index contributed by atoms with van der Waals surface area (Å²) in [5.41, 5.74) is -0.338. The molecule has 2 N–H and O–H groups in total. The van der Waals surface area contributed by atoms with Gasteiger partial charge in [0.05, 0.1) is 46.3 Å². The lowest BCUT2D eigenvalue weighted by Gasteiger charge is -2.46. The lowest BCUT2D eigenvalue weighted by molar-refractivity contribution is -0.176. The molecular formula is C17H31I3N2O6S4. The molecule has 2 saturated heterocycles. The predicted molar refractivity (Wildman–Crippen MR) is 162 cm³/mol. The standard InChI is InChI=1S/C14H23I3N2O6S4.C3H8/c1-19-5-3-4-8(19)13(21)18-7(6-20)9-10(23-27-15)11(24-28-16)12(25-29-17)14(22-9)26-2;1-3-2/h7-12,14,20H,3-6H2,1-2H3,(H,18,21);3H2,1-2H3. The summed E-state index contributed by atoms with van der Waals surface area (Å²) in [6.07, 6.45) is 3.01. The Hall–Kier alpha value is 2.82. The van der Waals surface area contributed by atoms with E-state index in [2.05, 4.69) is 61.6 Å². The first kappa shape index (κ1) is 32.8. The van der Waals surface area contributed by atoms with Crippen molar-refractivity contribution in [2.24, 2.45) is 0 Å². The number of carbonyl (C=O) groups excluding carboxylic acids is 1. The van der Waals surface area contributed by atoms with Crippen molar-refractivity contribution >= 4 is 109 Å². The SMILES string of the molecule is CCC.CSC1OC(C(CO)NC(=O)C2CCCN2C)C(OSI)C(OSI)C1OSI.